The van der Waals surface area contributed by atoms with Gasteiger partial charge >= 0.3 is 0 Å². The SMILES string of the molecule is O=c1[nH]c2ncc(-c3ccc(F)cc3)nc2c(O)c1-c1c(F)cc(F)cc1F. The summed E-state index contributed by atoms with van der Waals surface area (Å²) < 4.78 is 54.5. The first-order chi connectivity index (χ1) is 13.3. The molecule has 28 heavy (non-hydrogen) atoms. The van der Waals surface area contributed by atoms with Crippen molar-refractivity contribution >= 4 is 11.2 Å². The predicted molar refractivity (Wildman–Crippen MR) is 92.5 cm³/mol. The van der Waals surface area contributed by atoms with Crippen molar-refractivity contribution in [3.63, 3.8) is 0 Å². The highest BCUT2D eigenvalue weighted by Crippen LogP contribution is 2.34. The van der Waals surface area contributed by atoms with Gasteiger partial charge in [0, 0.05) is 17.7 Å². The van der Waals surface area contributed by atoms with E-state index in [2.05, 4.69) is 15.0 Å². The van der Waals surface area contributed by atoms with Crippen LogP contribution in [0.25, 0.3) is 33.5 Å². The second-order valence-electron chi connectivity index (χ2n) is 5.88. The molecule has 9 heteroatoms. The average molecular weight is 387 g/mol. The number of nitrogens with zero attached hydrogens (tertiary/aromatic N) is 2. The van der Waals surface area contributed by atoms with Gasteiger partial charge in [0.05, 0.1) is 23.0 Å². The number of H-pyrrole nitrogens is 1. The summed E-state index contributed by atoms with van der Waals surface area (Å²) in [5.74, 6) is -5.18. The molecule has 0 aliphatic heterocycles. The lowest BCUT2D eigenvalue weighted by Crippen LogP contribution is -2.13. The number of pyridine rings is 1. The van der Waals surface area contributed by atoms with Crippen LogP contribution in [0, 0.1) is 23.3 Å². The monoisotopic (exact) mass is 387 g/mol. The maximum atomic E-state index is 14.1. The molecule has 2 aromatic heterocycles. The minimum atomic E-state index is -1.36. The summed E-state index contributed by atoms with van der Waals surface area (Å²) >= 11 is 0. The van der Waals surface area contributed by atoms with Gasteiger partial charge in [-0.05, 0) is 24.3 Å². The molecule has 0 atom stereocenters. The van der Waals surface area contributed by atoms with Gasteiger partial charge in [-0.3, -0.25) is 4.79 Å². The third kappa shape index (κ3) is 2.86. The van der Waals surface area contributed by atoms with Gasteiger partial charge in [-0.25, -0.2) is 27.5 Å². The van der Waals surface area contributed by atoms with E-state index in [1.807, 2.05) is 0 Å². The van der Waals surface area contributed by atoms with Crippen molar-refractivity contribution in [2.45, 2.75) is 0 Å². The molecule has 0 saturated carbocycles. The maximum Gasteiger partial charge on any atom is 0.261 e. The lowest BCUT2D eigenvalue weighted by Gasteiger charge is -2.10. The Morgan fingerprint density at radius 1 is 0.893 bits per heavy atom. The Kier molecular flexibility index (Phi) is 4.07. The molecule has 0 bridgehead atoms. The summed E-state index contributed by atoms with van der Waals surface area (Å²) in [6.07, 6.45) is 1.28. The van der Waals surface area contributed by atoms with Crippen LogP contribution in [0.15, 0.2) is 47.4 Å². The Morgan fingerprint density at radius 2 is 1.54 bits per heavy atom. The maximum absolute atomic E-state index is 14.1. The molecule has 140 valence electrons. The molecule has 0 radical (unpaired) electrons. The second kappa shape index (κ2) is 6.45. The number of fused-ring (bicyclic) bond motifs is 1. The van der Waals surface area contributed by atoms with E-state index in [1.54, 1.807) is 0 Å². The number of aromatic nitrogens is 3. The smallest absolute Gasteiger partial charge is 0.261 e. The first-order valence-corrected chi connectivity index (χ1v) is 7.88. The molecule has 0 aliphatic rings. The van der Waals surface area contributed by atoms with Crippen LogP contribution in [0.1, 0.15) is 0 Å². The Labute approximate surface area is 154 Å². The molecule has 0 saturated heterocycles. The third-order valence-corrected chi connectivity index (χ3v) is 4.09. The normalized spacial score (nSPS) is 11.1. The van der Waals surface area contributed by atoms with E-state index < -0.39 is 45.7 Å². The number of nitrogens with one attached hydrogen (secondary N) is 1. The molecule has 2 aromatic carbocycles. The standard InChI is InChI=1S/C19H9F4N3O2/c20-9-3-1-8(2-4-9)13-7-24-18-16(25-13)17(27)15(19(28)26-18)14-11(22)5-10(21)6-12(14)23/h1-7H,(H2,24,26,27,28). The summed E-state index contributed by atoms with van der Waals surface area (Å²) in [4.78, 5) is 22.7. The molecule has 5 nitrogen and oxygen atoms in total. The number of halogens is 4. The highest BCUT2D eigenvalue weighted by molar-refractivity contribution is 5.88. The van der Waals surface area contributed by atoms with Crippen LogP contribution in [-0.2, 0) is 0 Å². The van der Waals surface area contributed by atoms with Crippen LogP contribution in [0.5, 0.6) is 5.75 Å². The first kappa shape index (κ1) is 17.7. The largest absolute Gasteiger partial charge is 0.505 e. The van der Waals surface area contributed by atoms with Gasteiger partial charge in [-0.1, -0.05) is 0 Å². The molecule has 0 aliphatic carbocycles. The van der Waals surface area contributed by atoms with Crippen LogP contribution < -0.4 is 5.56 Å². The van der Waals surface area contributed by atoms with E-state index in [9.17, 15) is 27.5 Å². The van der Waals surface area contributed by atoms with E-state index in [0.717, 1.165) is 0 Å². The van der Waals surface area contributed by atoms with Crippen LogP contribution in [0.2, 0.25) is 0 Å². The molecule has 0 amide bonds. The van der Waals surface area contributed by atoms with Crippen molar-refractivity contribution in [2.24, 2.45) is 0 Å². The lowest BCUT2D eigenvalue weighted by atomic mass is 10.0. The van der Waals surface area contributed by atoms with Crippen molar-refractivity contribution in [1.29, 1.82) is 0 Å². The Hall–Kier alpha value is -3.75. The van der Waals surface area contributed by atoms with Gasteiger partial charge < -0.3 is 10.1 Å². The summed E-state index contributed by atoms with van der Waals surface area (Å²) in [6.45, 7) is 0. The predicted octanol–water partition coefficient (Wildman–Crippen LogP) is 3.91. The number of rotatable bonds is 2. The van der Waals surface area contributed by atoms with Crippen molar-refractivity contribution in [3.8, 4) is 28.1 Å². The van der Waals surface area contributed by atoms with Crippen LogP contribution in [-0.4, -0.2) is 20.1 Å². The Bertz CT molecular complexity index is 1260. The summed E-state index contributed by atoms with van der Waals surface area (Å²) in [6, 6.07) is 6.03. The Balaban J connectivity index is 1.99. The fraction of sp³-hybridized carbons (Fsp3) is 0. The van der Waals surface area contributed by atoms with E-state index in [0.29, 0.717) is 17.7 Å². The summed E-state index contributed by atoms with van der Waals surface area (Å²) in [5.41, 5.74) is -2.34. The van der Waals surface area contributed by atoms with Crippen molar-refractivity contribution in [3.05, 3.63) is 76.2 Å². The summed E-state index contributed by atoms with van der Waals surface area (Å²) in [7, 11) is 0. The van der Waals surface area contributed by atoms with Crippen molar-refractivity contribution in [1.82, 2.24) is 15.0 Å². The molecule has 0 spiro atoms. The van der Waals surface area contributed by atoms with Gasteiger partial charge in [0.15, 0.2) is 11.4 Å². The molecular weight excluding hydrogens is 378 g/mol. The Morgan fingerprint density at radius 3 is 2.18 bits per heavy atom. The minimum absolute atomic E-state index is 0.125. The summed E-state index contributed by atoms with van der Waals surface area (Å²) in [5, 5.41) is 10.5. The zero-order valence-corrected chi connectivity index (χ0v) is 13.8. The zero-order chi connectivity index (χ0) is 20.0. The molecule has 4 rings (SSSR count). The van der Waals surface area contributed by atoms with Crippen LogP contribution >= 0.6 is 0 Å². The van der Waals surface area contributed by atoms with Crippen molar-refractivity contribution in [2.75, 3.05) is 0 Å². The third-order valence-electron chi connectivity index (χ3n) is 4.09. The van der Waals surface area contributed by atoms with Gasteiger partial charge in [-0.2, -0.15) is 0 Å². The molecule has 0 unspecified atom stereocenters. The highest BCUT2D eigenvalue weighted by Gasteiger charge is 2.23. The number of hydrogen-bond donors (Lipinski definition) is 2. The van der Waals surface area contributed by atoms with Gasteiger partial charge in [0.1, 0.15) is 28.8 Å². The highest BCUT2D eigenvalue weighted by atomic mass is 19.1. The lowest BCUT2D eigenvalue weighted by molar-refractivity contribution is 0.478. The van der Waals surface area contributed by atoms with Gasteiger partial charge in [0.25, 0.3) is 5.56 Å². The van der Waals surface area contributed by atoms with Gasteiger partial charge in [0.2, 0.25) is 0 Å². The molecule has 0 fully saturated rings. The topological polar surface area (TPSA) is 78.9 Å². The van der Waals surface area contributed by atoms with Crippen LogP contribution in [0.4, 0.5) is 17.6 Å². The van der Waals surface area contributed by atoms with Crippen LogP contribution in [0.3, 0.4) is 0 Å². The van der Waals surface area contributed by atoms with E-state index in [4.69, 9.17) is 0 Å². The minimum Gasteiger partial charge on any atom is -0.505 e. The molecule has 4 aromatic rings. The second-order valence-corrected chi connectivity index (χ2v) is 5.88. The zero-order valence-electron chi connectivity index (χ0n) is 13.8. The fourth-order valence-corrected chi connectivity index (χ4v) is 2.81. The average Bonchev–Trinajstić information content (AvgIpc) is 2.64. The molecule has 2 N–H and O–H groups in total. The number of benzene rings is 2. The first-order valence-electron chi connectivity index (χ1n) is 7.88. The molecular formula is C19H9F4N3O2. The van der Waals surface area contributed by atoms with E-state index in [1.165, 1.54) is 30.5 Å². The number of hydrogen-bond acceptors (Lipinski definition) is 4. The van der Waals surface area contributed by atoms with Crippen molar-refractivity contribution < 1.29 is 22.7 Å². The quantitative estimate of drug-likeness (QED) is 0.511. The van der Waals surface area contributed by atoms with E-state index >= 15 is 0 Å². The number of aromatic amines is 1. The molecule has 2 heterocycles. The number of aromatic hydroxyl groups is 1. The fourth-order valence-electron chi connectivity index (χ4n) is 2.81. The van der Waals surface area contributed by atoms with Gasteiger partial charge in [-0.15, -0.1) is 0 Å². The van der Waals surface area contributed by atoms with E-state index in [-0.39, 0.29) is 16.9 Å².